The molecule has 0 aliphatic rings. The maximum absolute atomic E-state index is 6.12. The van der Waals surface area contributed by atoms with Crippen LogP contribution < -0.4 is 4.74 Å². The summed E-state index contributed by atoms with van der Waals surface area (Å²) in [5.74, 6) is 1.90. The molecule has 130 valence electrons. The summed E-state index contributed by atoms with van der Waals surface area (Å²) in [5, 5.41) is 0. The second kappa shape index (κ2) is 8.52. The monoisotopic (exact) mass is 334 g/mol. The Bertz CT molecular complexity index is 835. The normalized spacial score (nSPS) is 10.9. The van der Waals surface area contributed by atoms with Gasteiger partial charge in [-0.15, -0.1) is 6.58 Å². The van der Waals surface area contributed by atoms with Gasteiger partial charge in [0, 0.05) is 6.54 Å². The predicted octanol–water partition coefficient (Wildman–Crippen LogP) is 5.53. The number of imidazole rings is 1. The Morgan fingerprint density at radius 3 is 2.72 bits per heavy atom. The van der Waals surface area contributed by atoms with Crippen molar-refractivity contribution >= 4 is 11.0 Å². The molecule has 0 spiro atoms. The Kier molecular flexibility index (Phi) is 5.89. The number of fused-ring (bicyclic) bond motifs is 1. The van der Waals surface area contributed by atoms with E-state index in [2.05, 4.69) is 42.3 Å². The highest BCUT2D eigenvalue weighted by molar-refractivity contribution is 5.75. The molecule has 0 amide bonds. The number of unbranched alkanes of at least 4 members (excludes halogenated alkanes) is 2. The van der Waals surface area contributed by atoms with E-state index >= 15 is 0 Å². The van der Waals surface area contributed by atoms with Gasteiger partial charge < -0.3 is 9.30 Å². The van der Waals surface area contributed by atoms with E-state index < -0.39 is 0 Å². The van der Waals surface area contributed by atoms with Crippen molar-refractivity contribution in [1.82, 2.24) is 9.55 Å². The molecule has 0 saturated heterocycles. The topological polar surface area (TPSA) is 27.1 Å². The third-order valence-electron chi connectivity index (χ3n) is 4.41. The number of hydrogen-bond acceptors (Lipinski definition) is 2. The number of aromatic nitrogens is 2. The molecule has 3 nitrogen and oxygen atoms in total. The Morgan fingerprint density at radius 2 is 1.88 bits per heavy atom. The molecule has 3 rings (SSSR count). The summed E-state index contributed by atoms with van der Waals surface area (Å²) in [6.45, 7) is 7.53. The third-order valence-corrected chi connectivity index (χ3v) is 4.41. The smallest absolute Gasteiger partial charge is 0.147 e. The van der Waals surface area contributed by atoms with Crippen LogP contribution in [0, 0.1) is 0 Å². The molecule has 0 N–H and O–H groups in total. The number of para-hydroxylation sites is 3. The molecule has 25 heavy (non-hydrogen) atoms. The lowest BCUT2D eigenvalue weighted by Crippen LogP contribution is -2.08. The van der Waals surface area contributed by atoms with Crippen molar-refractivity contribution in [2.75, 3.05) is 0 Å². The average Bonchev–Trinajstić information content (AvgIpc) is 2.99. The zero-order valence-corrected chi connectivity index (χ0v) is 14.9. The third kappa shape index (κ3) is 4.11. The summed E-state index contributed by atoms with van der Waals surface area (Å²) in [6, 6.07) is 16.5. The highest BCUT2D eigenvalue weighted by Gasteiger charge is 2.11. The number of hydrogen-bond donors (Lipinski definition) is 0. The highest BCUT2D eigenvalue weighted by Crippen LogP contribution is 2.22. The number of ether oxygens (including phenoxy) is 1. The SMILES string of the molecule is C=CCc1ccccc1OCc1nc2ccccc2n1CCCCC. The van der Waals surface area contributed by atoms with Crippen LogP contribution in [0.3, 0.4) is 0 Å². The van der Waals surface area contributed by atoms with E-state index in [-0.39, 0.29) is 0 Å². The van der Waals surface area contributed by atoms with Gasteiger partial charge in [-0.3, -0.25) is 0 Å². The second-order valence-corrected chi connectivity index (χ2v) is 6.26. The molecule has 0 fully saturated rings. The molecule has 0 aliphatic carbocycles. The average molecular weight is 334 g/mol. The van der Waals surface area contributed by atoms with Gasteiger partial charge in [0.25, 0.3) is 0 Å². The Balaban J connectivity index is 1.83. The highest BCUT2D eigenvalue weighted by atomic mass is 16.5. The van der Waals surface area contributed by atoms with E-state index in [4.69, 9.17) is 9.72 Å². The maximum atomic E-state index is 6.12. The molecule has 3 aromatic rings. The van der Waals surface area contributed by atoms with Crippen molar-refractivity contribution < 1.29 is 4.74 Å². The van der Waals surface area contributed by atoms with Crippen molar-refractivity contribution in [3.8, 4) is 5.75 Å². The van der Waals surface area contributed by atoms with Gasteiger partial charge >= 0.3 is 0 Å². The van der Waals surface area contributed by atoms with Crippen LogP contribution in [-0.2, 0) is 19.6 Å². The van der Waals surface area contributed by atoms with Gasteiger partial charge in [-0.1, -0.05) is 56.2 Å². The molecule has 0 unspecified atom stereocenters. The first-order chi connectivity index (χ1) is 12.3. The van der Waals surface area contributed by atoms with Crippen LogP contribution in [0.25, 0.3) is 11.0 Å². The lowest BCUT2D eigenvalue weighted by atomic mass is 10.1. The Labute approximate surface area is 150 Å². The van der Waals surface area contributed by atoms with E-state index in [9.17, 15) is 0 Å². The summed E-state index contributed by atoms with van der Waals surface area (Å²) in [7, 11) is 0. The van der Waals surface area contributed by atoms with Crippen LogP contribution in [0.5, 0.6) is 5.75 Å². The fourth-order valence-electron chi connectivity index (χ4n) is 3.12. The van der Waals surface area contributed by atoms with Gasteiger partial charge in [0.2, 0.25) is 0 Å². The van der Waals surface area contributed by atoms with Crippen LogP contribution >= 0.6 is 0 Å². The summed E-state index contributed by atoms with van der Waals surface area (Å²) < 4.78 is 8.43. The number of rotatable bonds is 9. The Morgan fingerprint density at radius 1 is 1.08 bits per heavy atom. The van der Waals surface area contributed by atoms with Crippen molar-refractivity contribution in [1.29, 1.82) is 0 Å². The zero-order chi connectivity index (χ0) is 17.5. The summed E-state index contributed by atoms with van der Waals surface area (Å²) in [5.41, 5.74) is 3.39. The minimum Gasteiger partial charge on any atom is -0.485 e. The fraction of sp³-hybridized carbons (Fsp3) is 0.318. The van der Waals surface area contributed by atoms with Crippen LogP contribution in [0.15, 0.2) is 61.2 Å². The molecule has 0 bridgehead atoms. The number of aryl methyl sites for hydroxylation is 1. The van der Waals surface area contributed by atoms with Gasteiger partial charge in [-0.25, -0.2) is 4.98 Å². The number of allylic oxidation sites excluding steroid dienone is 1. The Hall–Kier alpha value is -2.55. The van der Waals surface area contributed by atoms with Gasteiger partial charge in [0.1, 0.15) is 18.2 Å². The lowest BCUT2D eigenvalue weighted by Gasteiger charge is -2.12. The largest absolute Gasteiger partial charge is 0.485 e. The maximum Gasteiger partial charge on any atom is 0.147 e. The van der Waals surface area contributed by atoms with Crippen LogP contribution in [0.1, 0.15) is 37.6 Å². The first kappa shape index (κ1) is 17.3. The lowest BCUT2D eigenvalue weighted by molar-refractivity contribution is 0.287. The predicted molar refractivity (Wildman–Crippen MR) is 104 cm³/mol. The second-order valence-electron chi connectivity index (χ2n) is 6.26. The molecular weight excluding hydrogens is 308 g/mol. The quantitative estimate of drug-likeness (QED) is 0.380. The molecule has 2 aromatic carbocycles. The minimum absolute atomic E-state index is 0.481. The molecule has 0 saturated carbocycles. The molecule has 1 aromatic heterocycles. The molecule has 0 radical (unpaired) electrons. The van der Waals surface area contributed by atoms with Crippen molar-refractivity contribution in [3.05, 3.63) is 72.6 Å². The fourth-order valence-corrected chi connectivity index (χ4v) is 3.12. The van der Waals surface area contributed by atoms with Gasteiger partial charge in [-0.05, 0) is 36.6 Å². The van der Waals surface area contributed by atoms with Crippen molar-refractivity contribution in [2.45, 2.75) is 45.8 Å². The van der Waals surface area contributed by atoms with Crippen LogP contribution in [0.2, 0.25) is 0 Å². The first-order valence-corrected chi connectivity index (χ1v) is 9.09. The number of benzene rings is 2. The van der Waals surface area contributed by atoms with E-state index in [0.29, 0.717) is 6.61 Å². The van der Waals surface area contributed by atoms with E-state index in [1.807, 2.05) is 30.3 Å². The summed E-state index contributed by atoms with van der Waals surface area (Å²) in [6.07, 6.45) is 6.32. The zero-order valence-electron chi connectivity index (χ0n) is 14.9. The van der Waals surface area contributed by atoms with Crippen molar-refractivity contribution in [3.63, 3.8) is 0 Å². The standard InChI is InChI=1S/C22H26N2O/c1-3-5-10-16-24-20-14-8-7-13-19(20)23-22(24)17-25-21-15-9-6-12-18(21)11-4-2/h4,6-9,12-15H,2-3,5,10-11,16-17H2,1H3. The van der Waals surface area contributed by atoms with Gasteiger partial charge in [-0.2, -0.15) is 0 Å². The number of nitrogens with zero attached hydrogens (tertiary/aromatic N) is 2. The van der Waals surface area contributed by atoms with Crippen LogP contribution in [0.4, 0.5) is 0 Å². The van der Waals surface area contributed by atoms with Gasteiger partial charge in [0.15, 0.2) is 0 Å². The first-order valence-electron chi connectivity index (χ1n) is 9.09. The van der Waals surface area contributed by atoms with E-state index in [1.165, 1.54) is 18.4 Å². The van der Waals surface area contributed by atoms with E-state index in [0.717, 1.165) is 42.0 Å². The van der Waals surface area contributed by atoms with Gasteiger partial charge in [0.05, 0.1) is 11.0 Å². The molecule has 0 aliphatic heterocycles. The van der Waals surface area contributed by atoms with Crippen molar-refractivity contribution in [2.24, 2.45) is 0 Å². The summed E-state index contributed by atoms with van der Waals surface area (Å²) >= 11 is 0. The van der Waals surface area contributed by atoms with E-state index in [1.54, 1.807) is 0 Å². The molecule has 1 heterocycles. The molecule has 3 heteroatoms. The minimum atomic E-state index is 0.481. The van der Waals surface area contributed by atoms with Crippen LogP contribution in [-0.4, -0.2) is 9.55 Å². The molecule has 0 atom stereocenters. The summed E-state index contributed by atoms with van der Waals surface area (Å²) in [4.78, 5) is 4.80. The molecular formula is C22H26N2O.